The summed E-state index contributed by atoms with van der Waals surface area (Å²) in [5.41, 5.74) is 13.0. The van der Waals surface area contributed by atoms with E-state index < -0.39 is 0 Å². The first-order chi connectivity index (χ1) is 30.8. The number of fused-ring (bicyclic) bond motifs is 6. The molecule has 0 fully saturated rings. The molecule has 3 atom stereocenters. The maximum Gasteiger partial charge on any atom is 0.134 e. The second-order valence-electron chi connectivity index (χ2n) is 16.3. The topological polar surface area (TPSA) is 97.8 Å². The minimum atomic E-state index is -0.303. The molecular weight excluding hydrogens is 763 g/mol. The molecular formula is C53H43N9. The number of pyridine rings is 4. The number of aliphatic imine (C=N–C) groups is 1. The average Bonchev–Trinajstić information content (AvgIpc) is 3.87. The Hall–Kier alpha value is -7.49. The molecule has 300 valence electrons. The fourth-order valence-corrected chi connectivity index (χ4v) is 10.2. The third-order valence-corrected chi connectivity index (χ3v) is 12.8. The van der Waals surface area contributed by atoms with Gasteiger partial charge in [0.25, 0.3) is 0 Å². The van der Waals surface area contributed by atoms with E-state index in [1.54, 1.807) is 0 Å². The number of benzene rings is 3. The summed E-state index contributed by atoms with van der Waals surface area (Å²) < 4.78 is 4.84. The maximum absolute atomic E-state index is 5.62. The van der Waals surface area contributed by atoms with Gasteiger partial charge in [0.05, 0.1) is 45.8 Å². The zero-order valence-corrected chi connectivity index (χ0v) is 34.1. The van der Waals surface area contributed by atoms with Crippen LogP contribution in [0.1, 0.15) is 49.3 Å². The second kappa shape index (κ2) is 15.2. The number of hydrogen-bond donors (Lipinski definition) is 2. The van der Waals surface area contributed by atoms with Gasteiger partial charge in [-0.25, -0.2) is 4.99 Å². The van der Waals surface area contributed by atoms with Crippen LogP contribution in [0.5, 0.6) is 0 Å². The molecule has 7 heterocycles. The standard InChI is InChI=1S/C53H43N9/c1-2-14-34(15-3-1)51-58-52(41-20-12-18-39(43-22-8-10-28-56-43)49(41)61-45-24-6-4-16-35(45)37-26-30-54-32-47(37)61)60-53(59-51)42-21-13-19-40(44-23-9-11-29-57-44)50(42)62-46-25-7-5-17-36(46)38-27-31-55-33-48(38)62/h2,4-12,14-18,20,22-33,40,51,53,59H,1,3,13,19,21H2,(H,58,60). The Kier molecular flexibility index (Phi) is 8.92. The van der Waals surface area contributed by atoms with Crippen LogP contribution < -0.4 is 10.6 Å². The first kappa shape index (κ1) is 36.4. The van der Waals surface area contributed by atoms with Gasteiger partial charge in [-0.1, -0.05) is 78.9 Å². The Labute approximate surface area is 358 Å². The van der Waals surface area contributed by atoms with Gasteiger partial charge in [0.15, 0.2) is 0 Å². The monoisotopic (exact) mass is 805 g/mol. The summed E-state index contributed by atoms with van der Waals surface area (Å²) >= 11 is 0. The van der Waals surface area contributed by atoms with Gasteiger partial charge in [0, 0.05) is 74.8 Å². The number of hydrogen-bond acceptors (Lipinski definition) is 7. The largest absolute Gasteiger partial charge is 0.351 e. The highest BCUT2D eigenvalue weighted by molar-refractivity contribution is 6.13. The van der Waals surface area contributed by atoms with Crippen molar-refractivity contribution >= 4 is 55.1 Å². The third-order valence-electron chi connectivity index (χ3n) is 12.8. The van der Waals surface area contributed by atoms with E-state index in [9.17, 15) is 0 Å². The zero-order chi connectivity index (χ0) is 41.0. The van der Waals surface area contributed by atoms with Crippen LogP contribution in [0, 0.1) is 0 Å². The van der Waals surface area contributed by atoms with Crippen molar-refractivity contribution < 1.29 is 0 Å². The molecule has 0 saturated heterocycles. The minimum Gasteiger partial charge on any atom is -0.351 e. The molecule has 3 aromatic carbocycles. The lowest BCUT2D eigenvalue weighted by atomic mass is 9.82. The first-order valence-electron chi connectivity index (χ1n) is 21.6. The predicted molar refractivity (Wildman–Crippen MR) is 250 cm³/mol. The fraction of sp³-hybridized carbons (Fsp3) is 0.151. The van der Waals surface area contributed by atoms with Crippen molar-refractivity contribution in [3.63, 3.8) is 0 Å². The van der Waals surface area contributed by atoms with Gasteiger partial charge in [-0.3, -0.25) is 25.3 Å². The number of amidine groups is 1. The lowest BCUT2D eigenvalue weighted by molar-refractivity contribution is 0.440. The highest BCUT2D eigenvalue weighted by atomic mass is 15.3. The van der Waals surface area contributed by atoms with E-state index in [4.69, 9.17) is 19.9 Å². The maximum atomic E-state index is 5.62. The van der Waals surface area contributed by atoms with E-state index in [0.29, 0.717) is 0 Å². The van der Waals surface area contributed by atoms with Crippen LogP contribution in [0.4, 0.5) is 0 Å². The summed E-state index contributed by atoms with van der Waals surface area (Å²) in [4.78, 5) is 24.9. The summed E-state index contributed by atoms with van der Waals surface area (Å²) in [6, 6.07) is 40.6. The van der Waals surface area contributed by atoms with E-state index in [0.717, 1.165) is 93.6 Å². The highest BCUT2D eigenvalue weighted by Crippen LogP contribution is 2.45. The number of aromatic nitrogens is 6. The van der Waals surface area contributed by atoms with E-state index in [-0.39, 0.29) is 18.2 Å². The van der Waals surface area contributed by atoms with Crippen molar-refractivity contribution in [1.29, 1.82) is 0 Å². The van der Waals surface area contributed by atoms with Crippen LogP contribution in [0.3, 0.4) is 0 Å². The Bertz CT molecular complexity index is 3190. The lowest BCUT2D eigenvalue weighted by Crippen LogP contribution is -2.56. The summed E-state index contributed by atoms with van der Waals surface area (Å²) in [5.74, 6) is 0.863. The Balaban J connectivity index is 1.12. The Morgan fingerprint density at radius 1 is 0.597 bits per heavy atom. The number of nitrogens with zero attached hydrogens (tertiary/aromatic N) is 7. The first-order valence-corrected chi connectivity index (χ1v) is 21.6. The van der Waals surface area contributed by atoms with Crippen molar-refractivity contribution in [2.75, 3.05) is 0 Å². The molecule has 9 aromatic rings. The van der Waals surface area contributed by atoms with Crippen molar-refractivity contribution in [2.45, 2.75) is 50.4 Å². The minimum absolute atomic E-state index is 0.0467. The van der Waals surface area contributed by atoms with Crippen molar-refractivity contribution in [2.24, 2.45) is 4.99 Å². The Morgan fingerprint density at radius 3 is 2.02 bits per heavy atom. The van der Waals surface area contributed by atoms with Crippen LogP contribution in [0.25, 0.3) is 66.3 Å². The molecule has 0 amide bonds. The van der Waals surface area contributed by atoms with E-state index in [1.165, 1.54) is 33.0 Å². The molecule has 9 heteroatoms. The summed E-state index contributed by atoms with van der Waals surface area (Å²) in [6.07, 6.45) is 22.8. The molecule has 12 rings (SSSR count). The van der Waals surface area contributed by atoms with Crippen LogP contribution in [-0.4, -0.2) is 47.2 Å². The van der Waals surface area contributed by atoms with E-state index in [1.807, 2.05) is 49.3 Å². The van der Waals surface area contributed by atoms with Gasteiger partial charge in [-0.15, -0.1) is 0 Å². The van der Waals surface area contributed by atoms with Gasteiger partial charge >= 0.3 is 0 Å². The second-order valence-corrected chi connectivity index (χ2v) is 16.3. The highest BCUT2D eigenvalue weighted by Gasteiger charge is 2.37. The van der Waals surface area contributed by atoms with E-state index in [2.05, 4.69) is 146 Å². The fourth-order valence-electron chi connectivity index (χ4n) is 10.2. The SMILES string of the molecule is C1=CC(C2N=C(c3cccc(-c4ccccn4)c3-n3c4ccccc4c4ccncc43)NC(C3=C(n4c5ccccc5c5ccncc54)C(c4ccccn4)CCC3)N2)=CCC1. The van der Waals surface area contributed by atoms with Gasteiger partial charge in [0.1, 0.15) is 18.2 Å². The number of allylic oxidation sites excluding steroid dienone is 3. The molecule has 6 aromatic heterocycles. The quantitative estimate of drug-likeness (QED) is 0.166. The molecule has 1 aliphatic heterocycles. The smallest absolute Gasteiger partial charge is 0.134 e. The third kappa shape index (κ3) is 5.99. The molecule has 2 N–H and O–H groups in total. The van der Waals surface area contributed by atoms with E-state index >= 15 is 0 Å². The van der Waals surface area contributed by atoms with Crippen molar-refractivity contribution in [3.05, 3.63) is 193 Å². The molecule has 0 radical (unpaired) electrons. The Morgan fingerprint density at radius 2 is 1.29 bits per heavy atom. The average molecular weight is 806 g/mol. The van der Waals surface area contributed by atoms with Gasteiger partial charge < -0.3 is 14.5 Å². The van der Waals surface area contributed by atoms with Crippen LogP contribution in [-0.2, 0) is 0 Å². The molecule has 9 nitrogen and oxygen atoms in total. The van der Waals surface area contributed by atoms with Crippen LogP contribution in [0.2, 0.25) is 0 Å². The molecule has 0 spiro atoms. The number of nitrogens with one attached hydrogen (secondary N) is 2. The number of rotatable bonds is 7. The zero-order valence-electron chi connectivity index (χ0n) is 34.1. The number of para-hydroxylation sites is 3. The van der Waals surface area contributed by atoms with Gasteiger partial charge in [0.2, 0.25) is 0 Å². The van der Waals surface area contributed by atoms with Crippen molar-refractivity contribution in [1.82, 2.24) is 39.7 Å². The summed E-state index contributed by atoms with van der Waals surface area (Å²) in [7, 11) is 0. The summed E-state index contributed by atoms with van der Waals surface area (Å²) in [6.45, 7) is 0. The molecule has 0 saturated carbocycles. The molecule has 2 aliphatic carbocycles. The van der Waals surface area contributed by atoms with Crippen LogP contribution >= 0.6 is 0 Å². The van der Waals surface area contributed by atoms with Crippen molar-refractivity contribution in [3.8, 4) is 16.9 Å². The molecule has 0 bridgehead atoms. The molecule has 62 heavy (non-hydrogen) atoms. The van der Waals surface area contributed by atoms with Gasteiger partial charge in [-0.2, -0.15) is 0 Å². The molecule has 3 aliphatic rings. The predicted octanol–water partition coefficient (Wildman–Crippen LogP) is 10.9. The summed E-state index contributed by atoms with van der Waals surface area (Å²) in [5, 5.41) is 12.8. The van der Waals surface area contributed by atoms with Gasteiger partial charge in [-0.05, 0) is 97.8 Å². The van der Waals surface area contributed by atoms with Crippen LogP contribution in [0.15, 0.2) is 187 Å². The molecule has 3 unspecified atom stereocenters. The lowest BCUT2D eigenvalue weighted by Gasteiger charge is -2.39. The normalized spacial score (nSPS) is 19.3.